The molecule has 0 heterocycles. The number of sulfone groups is 2. The topological polar surface area (TPSA) is 107 Å². The van der Waals surface area contributed by atoms with Crippen LogP contribution in [0.1, 0.15) is 13.8 Å². The fraction of sp³-hybridized carbons (Fsp3) is 0.429. The summed E-state index contributed by atoms with van der Waals surface area (Å²) < 4.78 is 60.1. The third kappa shape index (κ3) is 7.90. The fourth-order valence-electron chi connectivity index (χ4n) is 2.60. The van der Waals surface area contributed by atoms with E-state index < -0.39 is 31.5 Å². The molecule has 0 saturated heterocycles. The Labute approximate surface area is 209 Å². The normalized spacial score (nSPS) is 14.0. The summed E-state index contributed by atoms with van der Waals surface area (Å²) in [5.74, 6) is 0.465. The lowest BCUT2D eigenvalue weighted by Crippen LogP contribution is -2.28. The van der Waals surface area contributed by atoms with Crippen LogP contribution in [-0.4, -0.2) is 58.6 Å². The third-order valence-corrected chi connectivity index (χ3v) is 9.13. The van der Waals surface area contributed by atoms with Crippen molar-refractivity contribution in [2.45, 2.75) is 29.7 Å². The van der Waals surface area contributed by atoms with Gasteiger partial charge in [0, 0.05) is 17.6 Å². The van der Waals surface area contributed by atoms with Gasteiger partial charge in [-0.05, 0) is 36.4 Å². The molecule has 33 heavy (non-hydrogen) atoms. The van der Waals surface area contributed by atoms with Gasteiger partial charge in [-0.1, -0.05) is 37.0 Å². The Morgan fingerprint density at radius 2 is 1.52 bits per heavy atom. The van der Waals surface area contributed by atoms with Crippen LogP contribution in [0.25, 0.3) is 0 Å². The van der Waals surface area contributed by atoms with E-state index in [2.05, 4.69) is 0 Å². The minimum absolute atomic E-state index is 0.0150. The van der Waals surface area contributed by atoms with Gasteiger partial charge in [0.05, 0.1) is 32.2 Å². The van der Waals surface area contributed by atoms with Gasteiger partial charge in [0.1, 0.15) is 18.5 Å². The summed E-state index contributed by atoms with van der Waals surface area (Å²) in [4.78, 5) is -0.135. The van der Waals surface area contributed by atoms with E-state index in [0.717, 1.165) is 0 Å². The van der Waals surface area contributed by atoms with Crippen molar-refractivity contribution in [3.05, 3.63) is 46.4 Å². The van der Waals surface area contributed by atoms with Crippen LogP contribution in [0.5, 0.6) is 11.5 Å². The van der Waals surface area contributed by atoms with Gasteiger partial charge in [0.2, 0.25) is 9.84 Å². The van der Waals surface area contributed by atoms with Crippen LogP contribution in [0.4, 0.5) is 0 Å². The first kappa shape index (κ1) is 28.0. The van der Waals surface area contributed by atoms with Crippen LogP contribution >= 0.6 is 34.8 Å². The van der Waals surface area contributed by atoms with Crippen molar-refractivity contribution in [1.29, 1.82) is 0 Å². The highest BCUT2D eigenvalue weighted by molar-refractivity contribution is 7.91. The van der Waals surface area contributed by atoms with E-state index in [-0.39, 0.29) is 43.9 Å². The number of rotatable bonds is 12. The Kier molecular flexibility index (Phi) is 10.1. The maximum absolute atomic E-state index is 13.0. The van der Waals surface area contributed by atoms with Gasteiger partial charge in [0.25, 0.3) is 0 Å². The molecule has 1 N–H and O–H groups in total. The molecule has 0 aliphatic rings. The number of ether oxygens (including phenoxy) is 2. The Morgan fingerprint density at radius 1 is 0.939 bits per heavy atom. The molecule has 0 saturated carbocycles. The van der Waals surface area contributed by atoms with Crippen molar-refractivity contribution in [1.82, 2.24) is 0 Å². The maximum atomic E-state index is 13.0. The molecule has 0 fully saturated rings. The first-order chi connectivity index (χ1) is 15.4. The number of halogens is 3. The number of hydrogen-bond acceptors (Lipinski definition) is 7. The lowest BCUT2D eigenvalue weighted by atomic mass is 10.2. The molecule has 2 atom stereocenters. The number of hydrogen-bond donors (Lipinski definition) is 1. The summed E-state index contributed by atoms with van der Waals surface area (Å²) >= 11 is 18.1. The number of benzene rings is 2. The smallest absolute Gasteiger partial charge is 0.206 e. The molecule has 0 radical (unpaired) electrons. The molecule has 2 aromatic carbocycles. The minimum Gasteiger partial charge on any atom is -0.493 e. The standard InChI is InChI=1S/C21H25Cl3O7S2/c1-3-32(26,27)13-15(25)12-31-21-19(23)8-18(9-20(21)24)33(28,29)17-6-4-16(5-7-17)30-11-14(2)10-22/h4-9,14-15,25H,3,10-13H2,1-2H3/t14-,15+/m0/s1. The van der Waals surface area contributed by atoms with Gasteiger partial charge in [-0.25, -0.2) is 16.8 Å². The quantitative estimate of drug-likeness (QED) is 0.387. The molecule has 2 rings (SSSR count). The van der Waals surface area contributed by atoms with Crippen molar-refractivity contribution in [3.8, 4) is 11.5 Å². The zero-order valence-corrected chi connectivity index (χ0v) is 21.9. The van der Waals surface area contributed by atoms with Crippen LogP contribution in [0.3, 0.4) is 0 Å². The van der Waals surface area contributed by atoms with Gasteiger partial charge in [-0.2, -0.15) is 0 Å². The Morgan fingerprint density at radius 3 is 2.03 bits per heavy atom. The average molecular weight is 560 g/mol. The Balaban J connectivity index is 2.17. The van der Waals surface area contributed by atoms with Gasteiger partial charge in [-0.15, -0.1) is 11.6 Å². The summed E-state index contributed by atoms with van der Waals surface area (Å²) in [5, 5.41) is 9.70. The first-order valence-corrected chi connectivity index (χ1v) is 14.5. The summed E-state index contributed by atoms with van der Waals surface area (Å²) in [6.07, 6.45) is -1.29. The Bertz CT molecular complexity index is 1130. The van der Waals surface area contributed by atoms with E-state index >= 15 is 0 Å². The van der Waals surface area contributed by atoms with Gasteiger partial charge in [-0.3, -0.25) is 0 Å². The second-order valence-corrected chi connectivity index (χ2v) is 12.9. The summed E-state index contributed by atoms with van der Waals surface area (Å²) in [6, 6.07) is 8.26. The second kappa shape index (κ2) is 12.0. The predicted molar refractivity (Wildman–Crippen MR) is 130 cm³/mol. The maximum Gasteiger partial charge on any atom is 0.206 e. The minimum atomic E-state index is -3.94. The lowest BCUT2D eigenvalue weighted by Gasteiger charge is -2.15. The molecule has 0 amide bonds. The molecule has 0 aromatic heterocycles. The van der Waals surface area contributed by atoms with Crippen molar-refractivity contribution in [2.75, 3.05) is 30.6 Å². The van der Waals surface area contributed by atoms with E-state index in [1.165, 1.54) is 31.2 Å². The average Bonchev–Trinajstić information content (AvgIpc) is 2.76. The monoisotopic (exact) mass is 558 g/mol. The second-order valence-electron chi connectivity index (χ2n) is 7.43. The van der Waals surface area contributed by atoms with E-state index in [9.17, 15) is 21.9 Å². The van der Waals surface area contributed by atoms with Gasteiger partial charge >= 0.3 is 0 Å². The van der Waals surface area contributed by atoms with E-state index in [1.807, 2.05) is 6.92 Å². The first-order valence-electron chi connectivity index (χ1n) is 9.93. The number of aliphatic hydroxyl groups is 1. The zero-order valence-electron chi connectivity index (χ0n) is 18.0. The highest BCUT2D eigenvalue weighted by Gasteiger charge is 2.23. The molecule has 0 aliphatic heterocycles. The highest BCUT2D eigenvalue weighted by Crippen LogP contribution is 2.37. The molecule has 7 nitrogen and oxygen atoms in total. The molecule has 184 valence electrons. The highest BCUT2D eigenvalue weighted by atomic mass is 35.5. The van der Waals surface area contributed by atoms with Crippen LogP contribution in [-0.2, 0) is 19.7 Å². The fourth-order valence-corrected chi connectivity index (χ4v) is 5.65. The molecule has 12 heteroatoms. The van der Waals surface area contributed by atoms with E-state index in [0.29, 0.717) is 18.2 Å². The van der Waals surface area contributed by atoms with E-state index in [1.54, 1.807) is 12.1 Å². The van der Waals surface area contributed by atoms with Crippen LogP contribution < -0.4 is 9.47 Å². The molecule has 0 unspecified atom stereocenters. The Hall–Kier alpha value is -1.23. The van der Waals surface area contributed by atoms with Crippen molar-refractivity contribution < 1.29 is 31.4 Å². The van der Waals surface area contributed by atoms with Crippen molar-refractivity contribution in [3.63, 3.8) is 0 Å². The summed E-state index contributed by atoms with van der Waals surface area (Å²) in [5.41, 5.74) is 0. The number of aliphatic hydroxyl groups excluding tert-OH is 1. The molecule has 0 aliphatic carbocycles. The zero-order chi connectivity index (χ0) is 24.8. The van der Waals surface area contributed by atoms with Crippen molar-refractivity contribution >= 4 is 54.5 Å². The number of alkyl halides is 1. The summed E-state index contributed by atoms with van der Waals surface area (Å²) in [7, 11) is -7.34. The van der Waals surface area contributed by atoms with E-state index in [4.69, 9.17) is 44.3 Å². The van der Waals surface area contributed by atoms with Gasteiger partial charge < -0.3 is 14.6 Å². The SMILES string of the molecule is CCS(=O)(=O)C[C@H](O)COc1c(Cl)cc(S(=O)(=O)c2ccc(OC[C@@H](C)CCl)cc2)cc1Cl. The predicted octanol–water partition coefficient (Wildman–Crippen LogP) is 4.25. The molecule has 0 bridgehead atoms. The summed E-state index contributed by atoms with van der Waals surface area (Å²) in [6.45, 7) is 3.43. The third-order valence-electron chi connectivity index (χ3n) is 4.52. The molecule has 0 spiro atoms. The molecular formula is C21H25Cl3O7S2. The largest absolute Gasteiger partial charge is 0.493 e. The lowest BCUT2D eigenvalue weighted by molar-refractivity contribution is 0.125. The molecular weight excluding hydrogens is 535 g/mol. The van der Waals surface area contributed by atoms with Crippen LogP contribution in [0.2, 0.25) is 10.0 Å². The van der Waals surface area contributed by atoms with Gasteiger partial charge in [0.15, 0.2) is 15.6 Å². The van der Waals surface area contributed by atoms with Crippen LogP contribution in [0, 0.1) is 5.92 Å². The van der Waals surface area contributed by atoms with Crippen molar-refractivity contribution in [2.24, 2.45) is 5.92 Å². The molecule has 2 aromatic rings. The van der Waals surface area contributed by atoms with Crippen LogP contribution in [0.15, 0.2) is 46.2 Å².